The van der Waals surface area contributed by atoms with Gasteiger partial charge in [0.2, 0.25) is 5.89 Å². The van der Waals surface area contributed by atoms with Gasteiger partial charge >= 0.3 is 0 Å². The first-order valence-electron chi connectivity index (χ1n) is 6.60. The van der Waals surface area contributed by atoms with Gasteiger partial charge in [-0.2, -0.15) is 4.98 Å². The van der Waals surface area contributed by atoms with Gasteiger partial charge in [-0.1, -0.05) is 12.1 Å². The molecule has 0 aromatic carbocycles. The first kappa shape index (κ1) is 13.5. The zero-order valence-corrected chi connectivity index (χ0v) is 11.1. The molecule has 1 aromatic rings. The van der Waals surface area contributed by atoms with E-state index >= 15 is 0 Å². The molecule has 0 radical (unpaired) electrons. The van der Waals surface area contributed by atoms with E-state index in [0.717, 1.165) is 31.8 Å². The number of nitrogens with zero attached hydrogens (tertiary/aromatic N) is 3. The van der Waals surface area contributed by atoms with E-state index in [-0.39, 0.29) is 12.1 Å². The van der Waals surface area contributed by atoms with Crippen LogP contribution in [0, 0.1) is 0 Å². The van der Waals surface area contributed by atoms with Crippen LogP contribution in [0.4, 0.5) is 0 Å². The van der Waals surface area contributed by atoms with Crippen LogP contribution in [0.1, 0.15) is 32.0 Å². The van der Waals surface area contributed by atoms with Gasteiger partial charge in [0.05, 0.1) is 19.3 Å². The van der Waals surface area contributed by atoms with Crippen LogP contribution in [-0.4, -0.2) is 46.9 Å². The van der Waals surface area contributed by atoms with E-state index in [0.29, 0.717) is 19.0 Å². The summed E-state index contributed by atoms with van der Waals surface area (Å²) in [5.74, 6) is 1.48. The first-order valence-corrected chi connectivity index (χ1v) is 6.60. The lowest BCUT2D eigenvalue weighted by Crippen LogP contribution is -2.49. The predicted molar refractivity (Wildman–Crippen MR) is 67.0 cm³/mol. The topological polar surface area (TPSA) is 77.4 Å². The largest absolute Gasteiger partial charge is 0.374 e. The van der Waals surface area contributed by atoms with Gasteiger partial charge in [0.25, 0.3) is 0 Å². The predicted octanol–water partition coefficient (Wildman–Crippen LogP) is 0.570. The molecule has 1 saturated heterocycles. The van der Waals surface area contributed by atoms with Crippen molar-refractivity contribution in [1.29, 1.82) is 0 Å². The fourth-order valence-electron chi connectivity index (χ4n) is 2.06. The lowest BCUT2D eigenvalue weighted by Gasteiger charge is -2.33. The maximum atomic E-state index is 5.86. The zero-order chi connectivity index (χ0) is 13.0. The average molecular weight is 254 g/mol. The molecule has 0 bridgehead atoms. The molecule has 0 aliphatic carbocycles. The summed E-state index contributed by atoms with van der Waals surface area (Å²) in [5, 5.41) is 3.96. The Kier molecular flexibility index (Phi) is 4.68. The van der Waals surface area contributed by atoms with Gasteiger partial charge in [-0.15, -0.1) is 0 Å². The highest BCUT2D eigenvalue weighted by atomic mass is 16.5. The lowest BCUT2D eigenvalue weighted by atomic mass is 10.1. The second-order valence-corrected chi connectivity index (χ2v) is 4.86. The van der Waals surface area contributed by atoms with Crippen LogP contribution in [0.3, 0.4) is 0 Å². The number of rotatable bonds is 5. The number of morpholine rings is 1. The number of hydrogen-bond donors (Lipinski definition) is 1. The standard InChI is InChI=1S/C12H22N4O2/c1-3-4-11-14-12(18-15-11)8-16-5-6-17-10(7-16)9(2)13/h9-10H,3-8,13H2,1-2H3. The molecule has 1 fully saturated rings. The zero-order valence-electron chi connectivity index (χ0n) is 11.1. The van der Waals surface area contributed by atoms with Gasteiger partial charge < -0.3 is 15.0 Å². The second kappa shape index (κ2) is 6.26. The summed E-state index contributed by atoms with van der Waals surface area (Å²) < 4.78 is 10.9. The molecular weight excluding hydrogens is 232 g/mol. The van der Waals surface area contributed by atoms with Crippen LogP contribution in [-0.2, 0) is 17.7 Å². The van der Waals surface area contributed by atoms with Gasteiger partial charge in [0.15, 0.2) is 5.82 Å². The highest BCUT2D eigenvalue weighted by Crippen LogP contribution is 2.11. The van der Waals surface area contributed by atoms with Crippen molar-refractivity contribution < 1.29 is 9.26 Å². The van der Waals surface area contributed by atoms with Crippen molar-refractivity contribution in [3.05, 3.63) is 11.7 Å². The molecule has 2 rings (SSSR count). The van der Waals surface area contributed by atoms with E-state index in [1.54, 1.807) is 0 Å². The van der Waals surface area contributed by atoms with Crippen LogP contribution < -0.4 is 5.73 Å². The summed E-state index contributed by atoms with van der Waals surface area (Å²) in [6.07, 6.45) is 2.00. The van der Waals surface area contributed by atoms with Crippen molar-refractivity contribution in [2.24, 2.45) is 5.73 Å². The molecule has 2 heterocycles. The summed E-state index contributed by atoms with van der Waals surface area (Å²) in [4.78, 5) is 6.62. The molecular formula is C12H22N4O2. The van der Waals surface area contributed by atoms with Gasteiger partial charge in [-0.05, 0) is 13.3 Å². The summed E-state index contributed by atoms with van der Waals surface area (Å²) in [5.41, 5.74) is 5.86. The maximum Gasteiger partial charge on any atom is 0.240 e. The second-order valence-electron chi connectivity index (χ2n) is 4.86. The molecule has 0 spiro atoms. The molecule has 6 heteroatoms. The van der Waals surface area contributed by atoms with Gasteiger partial charge in [-0.3, -0.25) is 4.90 Å². The van der Waals surface area contributed by atoms with Crippen LogP contribution in [0.2, 0.25) is 0 Å². The summed E-state index contributed by atoms with van der Waals surface area (Å²) in [6.45, 7) is 7.18. The van der Waals surface area contributed by atoms with E-state index in [1.807, 2.05) is 6.92 Å². The molecule has 2 atom stereocenters. The van der Waals surface area contributed by atoms with Crippen molar-refractivity contribution in [3.63, 3.8) is 0 Å². The molecule has 2 N–H and O–H groups in total. The van der Waals surface area contributed by atoms with E-state index in [4.69, 9.17) is 15.0 Å². The average Bonchev–Trinajstić information content (AvgIpc) is 2.77. The minimum atomic E-state index is 0.0473. The lowest BCUT2D eigenvalue weighted by molar-refractivity contribution is -0.0427. The van der Waals surface area contributed by atoms with Crippen LogP contribution in [0.5, 0.6) is 0 Å². The summed E-state index contributed by atoms with van der Waals surface area (Å²) in [7, 11) is 0. The van der Waals surface area contributed by atoms with Gasteiger partial charge in [0, 0.05) is 25.6 Å². The number of ether oxygens (including phenoxy) is 1. The fraction of sp³-hybridized carbons (Fsp3) is 0.833. The molecule has 2 unspecified atom stereocenters. The first-order chi connectivity index (χ1) is 8.69. The van der Waals surface area contributed by atoms with E-state index < -0.39 is 0 Å². The Morgan fingerprint density at radius 3 is 3.11 bits per heavy atom. The van der Waals surface area contributed by atoms with Crippen LogP contribution in [0.15, 0.2) is 4.52 Å². The van der Waals surface area contributed by atoms with E-state index in [1.165, 1.54) is 0 Å². The third-order valence-corrected chi connectivity index (χ3v) is 3.11. The van der Waals surface area contributed by atoms with Crippen molar-refractivity contribution >= 4 is 0 Å². The van der Waals surface area contributed by atoms with Crippen molar-refractivity contribution in [3.8, 4) is 0 Å². The van der Waals surface area contributed by atoms with E-state index in [2.05, 4.69) is 22.0 Å². The third-order valence-electron chi connectivity index (χ3n) is 3.11. The Labute approximate surface area is 107 Å². The minimum absolute atomic E-state index is 0.0473. The quantitative estimate of drug-likeness (QED) is 0.827. The summed E-state index contributed by atoms with van der Waals surface area (Å²) in [6, 6.07) is 0.0473. The number of nitrogens with two attached hydrogens (primary N) is 1. The van der Waals surface area contributed by atoms with Crippen molar-refractivity contribution in [2.45, 2.75) is 45.4 Å². The van der Waals surface area contributed by atoms with E-state index in [9.17, 15) is 0 Å². The molecule has 1 aliphatic heterocycles. The Morgan fingerprint density at radius 1 is 1.56 bits per heavy atom. The normalized spacial score (nSPS) is 23.2. The minimum Gasteiger partial charge on any atom is -0.374 e. The number of hydrogen-bond acceptors (Lipinski definition) is 6. The molecule has 102 valence electrons. The molecule has 1 aliphatic rings. The van der Waals surface area contributed by atoms with Gasteiger partial charge in [0.1, 0.15) is 0 Å². The molecule has 0 amide bonds. The SMILES string of the molecule is CCCc1noc(CN2CCOC(C(C)N)C2)n1. The molecule has 18 heavy (non-hydrogen) atoms. The number of aryl methyl sites for hydroxylation is 1. The highest BCUT2D eigenvalue weighted by molar-refractivity contribution is 4.88. The Balaban J connectivity index is 1.87. The maximum absolute atomic E-state index is 5.86. The van der Waals surface area contributed by atoms with Crippen molar-refractivity contribution in [1.82, 2.24) is 15.0 Å². The highest BCUT2D eigenvalue weighted by Gasteiger charge is 2.24. The monoisotopic (exact) mass is 254 g/mol. The number of aromatic nitrogens is 2. The smallest absolute Gasteiger partial charge is 0.240 e. The molecule has 1 aromatic heterocycles. The van der Waals surface area contributed by atoms with Crippen molar-refractivity contribution in [2.75, 3.05) is 19.7 Å². The third kappa shape index (κ3) is 3.51. The van der Waals surface area contributed by atoms with Gasteiger partial charge in [-0.25, -0.2) is 0 Å². The Hall–Kier alpha value is -0.980. The molecule has 6 nitrogen and oxygen atoms in total. The van der Waals surface area contributed by atoms with Crippen LogP contribution >= 0.6 is 0 Å². The van der Waals surface area contributed by atoms with Crippen LogP contribution in [0.25, 0.3) is 0 Å². The summed E-state index contributed by atoms with van der Waals surface area (Å²) >= 11 is 0. The molecule has 0 saturated carbocycles. The Morgan fingerprint density at radius 2 is 2.39 bits per heavy atom. The Bertz CT molecular complexity index is 367. The fourth-order valence-corrected chi connectivity index (χ4v) is 2.06.